The van der Waals surface area contributed by atoms with Crippen LogP contribution in [-0.2, 0) is 52.4 Å². The van der Waals surface area contributed by atoms with Crippen molar-refractivity contribution >= 4 is 85.6 Å². The van der Waals surface area contributed by atoms with E-state index < -0.39 is 16.1 Å². The Morgan fingerprint density at radius 2 is 0.885 bits per heavy atom. The number of aromatic hydroxyl groups is 1. The second-order valence-electron chi connectivity index (χ2n) is 26.1. The molecule has 3 aromatic heterocycles. The monoisotopic (exact) mass is 1420 g/mol. The molecule has 0 unspecified atom stereocenters. The second kappa shape index (κ2) is 44.7. The Morgan fingerprint density at radius 1 is 0.521 bits per heavy atom. The third-order valence-corrected chi connectivity index (χ3v) is 19.7. The number of nitrogens with zero attached hydrogens (tertiary/aromatic N) is 6. The van der Waals surface area contributed by atoms with E-state index in [0.717, 1.165) is 104 Å². The van der Waals surface area contributed by atoms with Crippen molar-refractivity contribution in [3.63, 3.8) is 0 Å². The van der Waals surface area contributed by atoms with E-state index in [4.69, 9.17) is 42.4 Å². The maximum atomic E-state index is 12.0. The van der Waals surface area contributed by atoms with Gasteiger partial charge in [-0.3, -0.25) is 33.5 Å². The average molecular weight is 1420 g/mol. The van der Waals surface area contributed by atoms with E-state index in [1.165, 1.54) is 70.4 Å². The van der Waals surface area contributed by atoms with E-state index in [-0.39, 0.29) is 87.8 Å². The third kappa shape index (κ3) is 30.5. The molecule has 21 nitrogen and oxygen atoms in total. The van der Waals surface area contributed by atoms with Gasteiger partial charge in [0.2, 0.25) is 0 Å². The Kier molecular flexibility index (Phi) is 38.7. The highest BCUT2D eigenvalue weighted by Gasteiger charge is 2.28. The molecule has 3 saturated heterocycles. The van der Waals surface area contributed by atoms with Crippen LogP contribution in [0.25, 0.3) is 0 Å². The molecule has 3 saturated carbocycles. The van der Waals surface area contributed by atoms with Crippen molar-refractivity contribution in [1.29, 1.82) is 0 Å². The van der Waals surface area contributed by atoms with Gasteiger partial charge in [-0.1, -0.05) is 77.0 Å². The molecule has 3 aliphatic carbocycles. The van der Waals surface area contributed by atoms with Gasteiger partial charge in [-0.05, 0) is 126 Å². The molecule has 6 aliphatic rings. The van der Waals surface area contributed by atoms with Crippen LogP contribution in [-0.4, -0.2) is 162 Å². The van der Waals surface area contributed by atoms with E-state index in [0.29, 0.717) is 103 Å². The van der Waals surface area contributed by atoms with E-state index in [9.17, 15) is 27.9 Å². The van der Waals surface area contributed by atoms with Crippen LogP contribution in [0, 0.1) is 42.4 Å². The number of aryl methyl sites for hydroxylation is 1. The molecule has 0 radical (unpaired) electrons. The van der Waals surface area contributed by atoms with Crippen LogP contribution in [0.15, 0.2) is 84.5 Å². The van der Waals surface area contributed by atoms with E-state index in [1.807, 2.05) is 32.3 Å². The largest absolute Gasteiger partial charge is 0.506 e. The van der Waals surface area contributed by atoms with Crippen molar-refractivity contribution in [3.05, 3.63) is 85.2 Å². The van der Waals surface area contributed by atoms with Crippen LogP contribution in [0.3, 0.4) is 0 Å². The van der Waals surface area contributed by atoms with Crippen LogP contribution in [0.2, 0.25) is 0 Å². The summed E-state index contributed by atoms with van der Waals surface area (Å²) in [6, 6.07) is 12.6. The number of morpholine rings is 3. The van der Waals surface area contributed by atoms with Gasteiger partial charge in [0, 0.05) is 76.7 Å². The number of ether oxygens (including phenoxy) is 7. The predicted molar refractivity (Wildman–Crippen MR) is 389 cm³/mol. The fourth-order valence-corrected chi connectivity index (χ4v) is 13.5. The fraction of sp³-hybridized carbons (Fsp3) is 0.662. The van der Waals surface area contributed by atoms with Crippen molar-refractivity contribution in [1.82, 2.24) is 15.0 Å². The number of carboxylic acids is 1. The number of aromatic nitrogens is 3. The van der Waals surface area contributed by atoms with Gasteiger partial charge in [0.1, 0.15) is 17.2 Å². The number of benzene rings is 1. The molecule has 4 aromatic rings. The van der Waals surface area contributed by atoms with Crippen LogP contribution < -0.4 is 24.2 Å². The first-order valence-electron chi connectivity index (χ1n) is 34.3. The molecular formula is C71H112N6O15S4. The third-order valence-electron chi connectivity index (χ3n) is 18.4. The van der Waals surface area contributed by atoms with Crippen molar-refractivity contribution in [2.75, 3.05) is 107 Å². The Morgan fingerprint density at radius 3 is 1.26 bits per heavy atom. The van der Waals surface area contributed by atoms with Crippen LogP contribution >= 0.6 is 40.5 Å². The van der Waals surface area contributed by atoms with Crippen LogP contribution in [0.5, 0.6) is 17.2 Å². The van der Waals surface area contributed by atoms with Crippen molar-refractivity contribution < 1.29 is 70.4 Å². The Hall–Kier alpha value is -5.28. The molecule has 1 aromatic carbocycles. The maximum Gasteiger partial charge on any atom is 0.305 e. The molecule has 3 aliphatic heterocycles. The summed E-state index contributed by atoms with van der Waals surface area (Å²) in [7, 11) is -3.59. The number of anilines is 3. The van der Waals surface area contributed by atoms with Gasteiger partial charge >= 0.3 is 17.9 Å². The van der Waals surface area contributed by atoms with Gasteiger partial charge in [-0.15, -0.1) is 0 Å². The zero-order valence-electron chi connectivity index (χ0n) is 57.6. The number of esters is 2. The quantitative estimate of drug-likeness (QED) is 0.0489. The lowest BCUT2D eigenvalue weighted by molar-refractivity contribution is -0.144. The van der Waals surface area contributed by atoms with E-state index in [1.54, 1.807) is 55.8 Å². The Balaban J connectivity index is 0.000000273. The molecule has 2 N–H and O–H groups in total. The number of carbonyl (C=O) groups is 3. The van der Waals surface area contributed by atoms with E-state index in [2.05, 4.69) is 56.5 Å². The number of hydrogen-bond donors (Lipinski definition) is 2. The Bertz CT molecular complexity index is 2950. The van der Waals surface area contributed by atoms with Gasteiger partial charge < -0.3 is 58.1 Å². The number of hydrogen-bond acceptors (Lipinski definition) is 20. The molecule has 0 bridgehead atoms. The maximum absolute atomic E-state index is 12.0. The predicted octanol–water partition coefficient (Wildman–Crippen LogP) is 12.4. The summed E-state index contributed by atoms with van der Waals surface area (Å²) in [6.07, 6.45) is 27.9. The first-order valence-corrected chi connectivity index (χ1v) is 35.7. The fourth-order valence-electron chi connectivity index (χ4n) is 12.5. The lowest BCUT2D eigenvalue weighted by Crippen LogP contribution is -2.42. The molecule has 540 valence electrons. The lowest BCUT2D eigenvalue weighted by Gasteiger charge is -2.34. The number of carbonyl (C=O) groups excluding carboxylic acids is 2. The van der Waals surface area contributed by atoms with Gasteiger partial charge in [-0.2, -0.15) is 48.9 Å². The summed E-state index contributed by atoms with van der Waals surface area (Å²) in [5, 5.41) is 18.3. The van der Waals surface area contributed by atoms with Gasteiger partial charge in [0.15, 0.2) is 0 Å². The molecule has 25 heteroatoms. The Labute approximate surface area is 592 Å². The van der Waals surface area contributed by atoms with Gasteiger partial charge in [0.25, 0.3) is 10.1 Å². The normalized spacial score (nSPS) is 23.3. The highest BCUT2D eigenvalue weighted by atomic mass is 32.2. The highest BCUT2D eigenvalue weighted by molar-refractivity contribution is 7.86. The summed E-state index contributed by atoms with van der Waals surface area (Å²) in [6.45, 7) is 21.5. The van der Waals surface area contributed by atoms with Crippen molar-refractivity contribution in [2.24, 2.45) is 35.5 Å². The minimum absolute atomic E-state index is 0. The zero-order chi connectivity index (χ0) is 66.4. The summed E-state index contributed by atoms with van der Waals surface area (Å²) in [4.78, 5) is 53.2. The minimum atomic E-state index is -3.59. The summed E-state index contributed by atoms with van der Waals surface area (Å²) in [5.41, 5.74) is 3.98. The van der Waals surface area contributed by atoms with Crippen molar-refractivity contribution in [3.8, 4) is 17.2 Å². The molecule has 6 fully saturated rings. The summed E-state index contributed by atoms with van der Waals surface area (Å²) in [5.74, 6) is 4.86. The van der Waals surface area contributed by atoms with Crippen LogP contribution in [0.4, 0.5) is 17.1 Å². The molecule has 96 heavy (non-hydrogen) atoms. The first-order chi connectivity index (χ1) is 44.9. The molecule has 0 amide bonds. The number of carboxylic acid groups (broad SMARTS) is 1. The molecule has 0 spiro atoms. The standard InChI is InChI=1S/C22H34N2O4.C20H30N2O4.C15H22O3S.C14H20N2O4.3H2S/c1-3-26-22(25)9-8-20-15-24(10-11-27-20)19-12-21(14-23-13-19)28-16-18-6-4-17(2)5-7-18;1-15-2-4-16(5-3-15)14-26-19-10-17(11-21-12-19)22-8-9-25-18(13-22)6-7-20(23)24;1-12-3-7-14(8-4-12)11-18-19(16,17)15-9-5-13(2)6-10-15;1-2-19-14(18)4-3-13-10-16(5-6-20-13)11-7-12(17)9-15-8-11;;;/h12-14,17-18,20H,3-11,15-16H2,1-2H3;10-12,15-16,18H,2-9,13-14H2,1H3,(H,23,24);5-6,9-10,12,14H,3-4,7-8,11H2,1-2H3;7-9,13,17H,2-6,10H2,1H3;3*1H2/t17?,18?,20-;15?,16?,18-;;13-;;;/m00.0.../s1. The summed E-state index contributed by atoms with van der Waals surface area (Å²) < 4.78 is 68.4. The molecule has 10 rings (SSSR count). The van der Waals surface area contributed by atoms with Gasteiger partial charge in [0.05, 0.1) is 130 Å². The lowest BCUT2D eigenvalue weighted by atomic mass is 9.83. The summed E-state index contributed by atoms with van der Waals surface area (Å²) >= 11 is 0. The minimum Gasteiger partial charge on any atom is -0.506 e. The smallest absolute Gasteiger partial charge is 0.305 e. The average Bonchev–Trinajstić information content (AvgIpc) is 1.25. The molecule has 6 heterocycles. The number of pyridine rings is 3. The van der Waals surface area contributed by atoms with E-state index >= 15 is 0 Å². The van der Waals surface area contributed by atoms with Crippen LogP contribution in [0.1, 0.15) is 156 Å². The topological polar surface area (TPSA) is 248 Å². The zero-order valence-corrected chi connectivity index (χ0v) is 61.4. The second-order valence-corrected chi connectivity index (χ2v) is 27.8. The first kappa shape index (κ1) is 83.1. The SMILES string of the molecule is CC1CCC(COc2cncc(N3CCO[C@@H](CCC(=O)O)C3)c2)CC1.CCOC(=O)CC[C@H]1CN(c2cncc(O)c2)CCO1.CCOC(=O)CC[C@H]1CN(c2cncc(OCC3CCC(C)CC3)c2)CCO1.Cc1ccc(S(=O)(=O)OCC2CCC(C)CC2)cc1.S.S.S. The highest BCUT2D eigenvalue weighted by Crippen LogP contribution is 2.33. The number of rotatable bonds is 24. The molecule has 3 atom stereocenters. The molecular weight excluding hydrogens is 1310 g/mol. The van der Waals surface area contributed by atoms with Crippen molar-refractivity contribution in [2.45, 2.75) is 180 Å². The van der Waals surface area contributed by atoms with Gasteiger partial charge in [-0.25, -0.2) is 0 Å². The number of aliphatic carboxylic acids is 1.